The fourth-order valence-electron chi connectivity index (χ4n) is 2.85. The Kier molecular flexibility index (Phi) is 5.70. The zero-order valence-electron chi connectivity index (χ0n) is 13.9. The van der Waals surface area contributed by atoms with Gasteiger partial charge in [0.05, 0.1) is 10.8 Å². The molecule has 0 saturated carbocycles. The summed E-state index contributed by atoms with van der Waals surface area (Å²) in [6.07, 6.45) is 3.63. The van der Waals surface area contributed by atoms with Crippen LogP contribution in [0.2, 0.25) is 0 Å². The minimum atomic E-state index is -1.14. The Balaban J connectivity index is 1.88. The summed E-state index contributed by atoms with van der Waals surface area (Å²) in [6.45, 7) is 1.42. The van der Waals surface area contributed by atoms with E-state index in [0.29, 0.717) is 15.6 Å². The number of halogens is 1. The average Bonchev–Trinajstić information content (AvgIpc) is 2.99. The van der Waals surface area contributed by atoms with Crippen LogP contribution in [-0.4, -0.2) is 46.8 Å². The summed E-state index contributed by atoms with van der Waals surface area (Å²) < 4.78 is 13.6. The van der Waals surface area contributed by atoms with E-state index in [-0.39, 0.29) is 12.1 Å². The number of benzene rings is 1. The van der Waals surface area contributed by atoms with Gasteiger partial charge in [-0.3, -0.25) is 14.6 Å². The summed E-state index contributed by atoms with van der Waals surface area (Å²) in [5, 5.41) is 11.7. The molecule has 1 fully saturated rings. The number of aliphatic carboxylic acids is 1. The smallest absolute Gasteiger partial charge is 0.312 e. The fourth-order valence-corrected chi connectivity index (χ4v) is 3.76. The summed E-state index contributed by atoms with van der Waals surface area (Å²) >= 11 is 1.21. The highest BCUT2D eigenvalue weighted by atomic mass is 32.2. The monoisotopic (exact) mass is 378 g/mol. The molecule has 1 unspecified atom stereocenters. The summed E-state index contributed by atoms with van der Waals surface area (Å²) in [7, 11) is 0. The minimum absolute atomic E-state index is 0.171. The van der Waals surface area contributed by atoms with Gasteiger partial charge < -0.3 is 10.8 Å². The molecule has 2 aliphatic rings. The SMILES string of the molecule is NCC(C(=O)O)c1cc(F)ccc1C=C1SC(N2CCCCN2)=NC1=O. The number of nitrogens with two attached hydrogens (primary N) is 1. The van der Waals surface area contributed by atoms with Gasteiger partial charge in [-0.15, -0.1) is 0 Å². The molecule has 0 aromatic heterocycles. The Morgan fingerprint density at radius 2 is 2.31 bits per heavy atom. The van der Waals surface area contributed by atoms with E-state index >= 15 is 0 Å². The molecule has 4 N–H and O–H groups in total. The van der Waals surface area contributed by atoms with Gasteiger partial charge >= 0.3 is 5.97 Å². The van der Waals surface area contributed by atoms with Gasteiger partial charge in [0.1, 0.15) is 5.82 Å². The highest BCUT2D eigenvalue weighted by Crippen LogP contribution is 2.32. The van der Waals surface area contributed by atoms with Crippen LogP contribution in [0.4, 0.5) is 4.39 Å². The number of nitrogens with one attached hydrogen (secondary N) is 1. The van der Waals surface area contributed by atoms with Gasteiger partial charge in [-0.05, 0) is 53.9 Å². The van der Waals surface area contributed by atoms with Crippen molar-refractivity contribution in [3.8, 4) is 0 Å². The summed E-state index contributed by atoms with van der Waals surface area (Å²) in [5.74, 6) is -3.14. The third kappa shape index (κ3) is 3.95. The number of nitrogens with zero attached hydrogens (tertiary/aromatic N) is 2. The van der Waals surface area contributed by atoms with Crippen molar-refractivity contribution in [1.82, 2.24) is 10.4 Å². The van der Waals surface area contributed by atoms with Gasteiger partial charge in [0.2, 0.25) is 0 Å². The first-order valence-electron chi connectivity index (χ1n) is 8.25. The lowest BCUT2D eigenvalue weighted by Crippen LogP contribution is -2.45. The van der Waals surface area contributed by atoms with Crippen molar-refractivity contribution < 1.29 is 19.1 Å². The van der Waals surface area contributed by atoms with Crippen LogP contribution in [-0.2, 0) is 9.59 Å². The van der Waals surface area contributed by atoms with Crippen molar-refractivity contribution in [2.24, 2.45) is 10.7 Å². The zero-order valence-corrected chi connectivity index (χ0v) is 14.8. The third-order valence-corrected chi connectivity index (χ3v) is 5.20. The number of carboxylic acids is 1. The molecule has 1 aromatic rings. The van der Waals surface area contributed by atoms with Crippen LogP contribution in [0.1, 0.15) is 29.9 Å². The van der Waals surface area contributed by atoms with Gasteiger partial charge in [0, 0.05) is 19.6 Å². The average molecular weight is 378 g/mol. The molecule has 7 nitrogen and oxygen atoms in total. The van der Waals surface area contributed by atoms with Crippen molar-refractivity contribution >= 4 is 34.9 Å². The Hall–Kier alpha value is -2.23. The molecule has 1 amide bonds. The fraction of sp³-hybridized carbons (Fsp3) is 0.353. The normalized spacial score (nSPS) is 20.4. The maximum atomic E-state index is 13.6. The number of hydrogen-bond acceptors (Lipinski definition) is 6. The van der Waals surface area contributed by atoms with Gasteiger partial charge in [-0.2, -0.15) is 4.99 Å². The molecule has 0 bridgehead atoms. The van der Waals surface area contributed by atoms with Gasteiger partial charge in [-0.1, -0.05) is 6.07 Å². The quantitative estimate of drug-likeness (QED) is 0.682. The lowest BCUT2D eigenvalue weighted by molar-refractivity contribution is -0.138. The standard InChI is InChI=1S/C17H19FN4O3S/c18-11-4-3-10(12(8-11)13(9-19)16(24)25)7-14-15(23)21-17(26-14)22-6-2-1-5-20-22/h3-4,7-8,13,20H,1-2,5-6,9,19H2,(H,24,25). The molecule has 0 spiro atoms. The van der Waals surface area contributed by atoms with Crippen molar-refractivity contribution in [3.63, 3.8) is 0 Å². The second-order valence-electron chi connectivity index (χ2n) is 5.98. The van der Waals surface area contributed by atoms with E-state index in [9.17, 15) is 19.1 Å². The van der Waals surface area contributed by atoms with E-state index in [1.54, 1.807) is 6.08 Å². The topological polar surface area (TPSA) is 108 Å². The van der Waals surface area contributed by atoms with Crippen molar-refractivity contribution in [1.29, 1.82) is 0 Å². The zero-order chi connectivity index (χ0) is 18.7. The van der Waals surface area contributed by atoms with E-state index in [1.807, 2.05) is 5.01 Å². The van der Waals surface area contributed by atoms with E-state index < -0.39 is 23.6 Å². The van der Waals surface area contributed by atoms with Crippen LogP contribution < -0.4 is 11.2 Å². The maximum absolute atomic E-state index is 13.6. The van der Waals surface area contributed by atoms with E-state index in [1.165, 1.54) is 23.9 Å². The molecule has 1 atom stereocenters. The number of carbonyl (C=O) groups excluding carboxylic acids is 1. The van der Waals surface area contributed by atoms with Crippen LogP contribution >= 0.6 is 11.8 Å². The summed E-state index contributed by atoms with van der Waals surface area (Å²) in [5.41, 5.74) is 9.42. The molecule has 9 heteroatoms. The van der Waals surface area contributed by atoms with E-state index in [2.05, 4.69) is 10.4 Å². The summed E-state index contributed by atoms with van der Waals surface area (Å²) in [4.78, 5) is 28.1. The maximum Gasteiger partial charge on any atom is 0.312 e. The van der Waals surface area contributed by atoms with E-state index in [0.717, 1.165) is 32.0 Å². The predicted octanol–water partition coefficient (Wildman–Crippen LogP) is 1.52. The number of carboxylic acid groups (broad SMARTS) is 1. The molecule has 26 heavy (non-hydrogen) atoms. The van der Waals surface area contributed by atoms with Crippen LogP contribution in [0.25, 0.3) is 6.08 Å². The molecule has 0 aliphatic carbocycles. The number of amides is 1. The lowest BCUT2D eigenvalue weighted by Gasteiger charge is -2.28. The van der Waals surface area contributed by atoms with Crippen LogP contribution in [0, 0.1) is 5.82 Å². The minimum Gasteiger partial charge on any atom is -0.481 e. The lowest BCUT2D eigenvalue weighted by atomic mass is 9.93. The number of hydrazine groups is 1. The van der Waals surface area contributed by atoms with Gasteiger partial charge in [0.15, 0.2) is 5.17 Å². The van der Waals surface area contributed by atoms with Crippen molar-refractivity contribution in [3.05, 3.63) is 40.0 Å². The molecule has 2 aliphatic heterocycles. The summed E-state index contributed by atoms with van der Waals surface area (Å²) in [6, 6.07) is 3.83. The number of hydrogen-bond donors (Lipinski definition) is 3. The molecular formula is C17H19FN4O3S. The second-order valence-corrected chi connectivity index (χ2v) is 6.99. The predicted molar refractivity (Wildman–Crippen MR) is 97.8 cm³/mol. The molecule has 2 heterocycles. The Bertz CT molecular complexity index is 790. The second kappa shape index (κ2) is 7.98. The molecule has 3 rings (SSSR count). The largest absolute Gasteiger partial charge is 0.481 e. The molecule has 138 valence electrons. The molecule has 0 radical (unpaired) electrons. The first-order valence-corrected chi connectivity index (χ1v) is 9.07. The van der Waals surface area contributed by atoms with Gasteiger partial charge in [-0.25, -0.2) is 9.82 Å². The van der Waals surface area contributed by atoms with Crippen LogP contribution in [0.5, 0.6) is 0 Å². The first kappa shape index (κ1) is 18.6. The Labute approximate surface area is 154 Å². The first-order chi connectivity index (χ1) is 12.5. The highest BCUT2D eigenvalue weighted by molar-refractivity contribution is 8.18. The molecule has 1 saturated heterocycles. The number of carbonyl (C=O) groups is 2. The van der Waals surface area contributed by atoms with Gasteiger partial charge in [0.25, 0.3) is 5.91 Å². The number of rotatable bonds is 4. The van der Waals surface area contributed by atoms with Crippen molar-refractivity contribution in [2.75, 3.05) is 19.6 Å². The van der Waals surface area contributed by atoms with E-state index in [4.69, 9.17) is 5.73 Å². The highest BCUT2D eigenvalue weighted by Gasteiger charge is 2.28. The number of amidine groups is 1. The van der Waals surface area contributed by atoms with Crippen molar-refractivity contribution in [2.45, 2.75) is 18.8 Å². The van der Waals surface area contributed by atoms with Crippen LogP contribution in [0.3, 0.4) is 0 Å². The molecular weight excluding hydrogens is 359 g/mol. The van der Waals surface area contributed by atoms with Crippen LogP contribution in [0.15, 0.2) is 28.1 Å². The third-order valence-electron chi connectivity index (χ3n) is 4.20. The number of thioether (sulfide) groups is 1. The molecule has 1 aromatic carbocycles. The number of aliphatic imine (C=N–C) groups is 1. The Morgan fingerprint density at radius 1 is 1.50 bits per heavy atom. The Morgan fingerprint density at radius 3 is 2.96 bits per heavy atom.